The molecule has 1 rings (SSSR count). The van der Waals surface area contributed by atoms with E-state index in [4.69, 9.17) is 25.1 Å². The number of methoxy groups -OCH3 is 3. The molecule has 100 valence electrons. The van der Waals surface area contributed by atoms with Crippen LogP contribution >= 0.6 is 0 Å². The minimum atomic E-state index is -1.05. The highest BCUT2D eigenvalue weighted by molar-refractivity contribution is 5.73. The summed E-state index contributed by atoms with van der Waals surface area (Å²) in [6.07, 6.45) is 0.187. The highest BCUT2D eigenvalue weighted by Gasteiger charge is 2.17. The molecule has 0 aliphatic carbocycles. The van der Waals surface area contributed by atoms with Crippen molar-refractivity contribution in [3.8, 4) is 17.2 Å². The van der Waals surface area contributed by atoms with E-state index in [0.29, 0.717) is 22.8 Å². The third-order valence-corrected chi connectivity index (χ3v) is 2.50. The molecule has 1 aromatic rings. The summed E-state index contributed by atoms with van der Waals surface area (Å²) in [6.45, 7) is 0. The molecule has 6 nitrogen and oxygen atoms in total. The summed E-state index contributed by atoms with van der Waals surface area (Å²) in [5.41, 5.74) is 6.20. The topological polar surface area (TPSA) is 91.0 Å². The molecule has 0 radical (unpaired) electrons. The lowest BCUT2D eigenvalue weighted by Gasteiger charge is -2.15. The number of aliphatic carboxylic acids is 1. The molecule has 0 aliphatic rings. The van der Waals surface area contributed by atoms with Gasteiger partial charge in [0.25, 0.3) is 0 Å². The maximum Gasteiger partial charge on any atom is 0.320 e. The van der Waals surface area contributed by atoms with Crippen LogP contribution < -0.4 is 19.9 Å². The Bertz CT molecular complexity index is 407. The summed E-state index contributed by atoms with van der Waals surface area (Å²) in [6, 6.07) is 2.40. The lowest BCUT2D eigenvalue weighted by molar-refractivity contribution is -0.138. The Labute approximate surface area is 105 Å². The molecular weight excluding hydrogens is 238 g/mol. The predicted molar refractivity (Wildman–Crippen MR) is 65.4 cm³/mol. The van der Waals surface area contributed by atoms with Crippen molar-refractivity contribution >= 4 is 5.97 Å². The first-order chi connectivity index (χ1) is 8.53. The van der Waals surface area contributed by atoms with E-state index in [0.717, 1.165) is 0 Å². The molecule has 1 atom stereocenters. The van der Waals surface area contributed by atoms with E-state index in [2.05, 4.69) is 0 Å². The van der Waals surface area contributed by atoms with Crippen molar-refractivity contribution in [2.24, 2.45) is 5.73 Å². The van der Waals surface area contributed by atoms with Crippen LogP contribution in [0.4, 0.5) is 0 Å². The normalized spacial score (nSPS) is 11.8. The Morgan fingerprint density at radius 3 is 2.06 bits per heavy atom. The molecule has 0 heterocycles. The second-order valence-electron chi connectivity index (χ2n) is 3.68. The Morgan fingerprint density at radius 1 is 1.22 bits per heavy atom. The summed E-state index contributed by atoms with van der Waals surface area (Å²) in [5, 5.41) is 8.78. The van der Waals surface area contributed by atoms with Crippen LogP contribution in [0.5, 0.6) is 17.2 Å². The summed E-state index contributed by atoms with van der Waals surface area (Å²) in [7, 11) is 4.50. The highest BCUT2D eigenvalue weighted by atomic mass is 16.5. The van der Waals surface area contributed by atoms with Gasteiger partial charge in [-0.2, -0.15) is 0 Å². The van der Waals surface area contributed by atoms with Crippen molar-refractivity contribution < 1.29 is 24.1 Å². The standard InChI is InChI=1S/C12H17NO5/c1-16-9-5-7(4-8(13)12(14)15)6-10(17-2)11(9)18-3/h5-6,8H,4,13H2,1-3H3,(H,14,15)/t8-/m1/s1. The van der Waals surface area contributed by atoms with Gasteiger partial charge in [0, 0.05) is 0 Å². The zero-order chi connectivity index (χ0) is 13.7. The van der Waals surface area contributed by atoms with Crippen LogP contribution in [0.1, 0.15) is 5.56 Å². The van der Waals surface area contributed by atoms with E-state index in [1.807, 2.05) is 0 Å². The Kier molecular flexibility index (Phi) is 4.79. The molecule has 0 aliphatic heterocycles. The fraction of sp³-hybridized carbons (Fsp3) is 0.417. The third-order valence-electron chi connectivity index (χ3n) is 2.50. The Hall–Kier alpha value is -1.95. The Morgan fingerprint density at radius 2 is 1.72 bits per heavy atom. The molecular formula is C12H17NO5. The molecule has 0 saturated heterocycles. The van der Waals surface area contributed by atoms with E-state index in [1.54, 1.807) is 12.1 Å². The monoisotopic (exact) mass is 255 g/mol. The van der Waals surface area contributed by atoms with Gasteiger partial charge in [0.05, 0.1) is 21.3 Å². The van der Waals surface area contributed by atoms with Gasteiger partial charge in [-0.25, -0.2) is 0 Å². The first kappa shape index (κ1) is 14.1. The van der Waals surface area contributed by atoms with Crippen LogP contribution in [0, 0.1) is 0 Å². The molecule has 1 aromatic carbocycles. The minimum absolute atomic E-state index is 0.187. The molecule has 0 amide bonds. The van der Waals surface area contributed by atoms with Crippen LogP contribution in [0.3, 0.4) is 0 Å². The highest BCUT2D eigenvalue weighted by Crippen LogP contribution is 2.38. The van der Waals surface area contributed by atoms with E-state index in [1.165, 1.54) is 21.3 Å². The second-order valence-corrected chi connectivity index (χ2v) is 3.68. The van der Waals surface area contributed by atoms with Gasteiger partial charge in [-0.3, -0.25) is 4.79 Å². The zero-order valence-corrected chi connectivity index (χ0v) is 10.6. The molecule has 18 heavy (non-hydrogen) atoms. The van der Waals surface area contributed by atoms with Crippen LogP contribution in [0.2, 0.25) is 0 Å². The van der Waals surface area contributed by atoms with Crippen LogP contribution in [-0.4, -0.2) is 38.4 Å². The number of hydrogen-bond acceptors (Lipinski definition) is 5. The van der Waals surface area contributed by atoms with Gasteiger partial charge in [0.1, 0.15) is 6.04 Å². The number of carbonyl (C=O) groups is 1. The van der Waals surface area contributed by atoms with Crippen molar-refractivity contribution in [1.82, 2.24) is 0 Å². The Balaban J connectivity index is 3.11. The SMILES string of the molecule is COc1cc(C[C@@H](N)C(=O)O)cc(OC)c1OC. The molecule has 0 aromatic heterocycles. The average Bonchev–Trinajstić information content (AvgIpc) is 2.37. The summed E-state index contributed by atoms with van der Waals surface area (Å²) in [5.74, 6) is 0.366. The van der Waals surface area contributed by atoms with Gasteiger partial charge >= 0.3 is 5.97 Å². The minimum Gasteiger partial charge on any atom is -0.493 e. The van der Waals surface area contributed by atoms with Crippen molar-refractivity contribution in [3.63, 3.8) is 0 Å². The van der Waals surface area contributed by atoms with E-state index >= 15 is 0 Å². The summed E-state index contributed by atoms with van der Waals surface area (Å²) >= 11 is 0. The van der Waals surface area contributed by atoms with Gasteiger partial charge in [0.15, 0.2) is 11.5 Å². The van der Waals surface area contributed by atoms with Gasteiger partial charge in [0.2, 0.25) is 5.75 Å². The fourth-order valence-corrected chi connectivity index (χ4v) is 1.59. The third kappa shape index (κ3) is 3.04. The lowest BCUT2D eigenvalue weighted by atomic mass is 10.1. The number of nitrogens with two attached hydrogens (primary N) is 1. The van der Waals surface area contributed by atoms with E-state index in [9.17, 15) is 4.79 Å². The number of carboxylic acid groups (broad SMARTS) is 1. The first-order valence-corrected chi connectivity index (χ1v) is 5.30. The number of rotatable bonds is 6. The maximum atomic E-state index is 10.7. The van der Waals surface area contributed by atoms with Crippen molar-refractivity contribution in [3.05, 3.63) is 17.7 Å². The lowest BCUT2D eigenvalue weighted by Crippen LogP contribution is -2.32. The predicted octanol–water partition coefficient (Wildman–Crippen LogP) is 0.667. The fourth-order valence-electron chi connectivity index (χ4n) is 1.59. The van der Waals surface area contributed by atoms with E-state index in [-0.39, 0.29) is 6.42 Å². The van der Waals surface area contributed by atoms with Crippen molar-refractivity contribution in [2.45, 2.75) is 12.5 Å². The van der Waals surface area contributed by atoms with Gasteiger partial charge in [-0.05, 0) is 24.1 Å². The number of hydrogen-bond donors (Lipinski definition) is 2. The second kappa shape index (κ2) is 6.11. The molecule has 0 unspecified atom stereocenters. The van der Waals surface area contributed by atoms with Gasteiger partial charge in [-0.1, -0.05) is 0 Å². The molecule has 0 saturated carbocycles. The van der Waals surface area contributed by atoms with Gasteiger partial charge in [-0.15, -0.1) is 0 Å². The van der Waals surface area contributed by atoms with Crippen LogP contribution in [0.15, 0.2) is 12.1 Å². The van der Waals surface area contributed by atoms with Crippen LogP contribution in [0.25, 0.3) is 0 Å². The smallest absolute Gasteiger partial charge is 0.320 e. The summed E-state index contributed by atoms with van der Waals surface area (Å²) in [4.78, 5) is 10.7. The summed E-state index contributed by atoms with van der Waals surface area (Å²) < 4.78 is 15.5. The molecule has 3 N–H and O–H groups in total. The zero-order valence-electron chi connectivity index (χ0n) is 10.6. The number of benzene rings is 1. The molecule has 6 heteroatoms. The van der Waals surface area contributed by atoms with Crippen LogP contribution in [-0.2, 0) is 11.2 Å². The molecule has 0 spiro atoms. The maximum absolute atomic E-state index is 10.7. The largest absolute Gasteiger partial charge is 0.493 e. The van der Waals surface area contributed by atoms with Gasteiger partial charge < -0.3 is 25.1 Å². The average molecular weight is 255 g/mol. The first-order valence-electron chi connectivity index (χ1n) is 5.30. The number of carboxylic acids is 1. The quantitative estimate of drug-likeness (QED) is 0.776. The van der Waals surface area contributed by atoms with E-state index < -0.39 is 12.0 Å². The van der Waals surface area contributed by atoms with Crippen molar-refractivity contribution in [1.29, 1.82) is 0 Å². The van der Waals surface area contributed by atoms with Crippen molar-refractivity contribution in [2.75, 3.05) is 21.3 Å². The molecule has 0 bridgehead atoms. The molecule has 0 fully saturated rings. The number of ether oxygens (including phenoxy) is 3.